The number of aliphatic hydroxyl groups excluding tert-OH is 1. The molecular formula is C11H15FN2O5S. The molecule has 0 spiro atoms. The van der Waals surface area contributed by atoms with E-state index in [2.05, 4.69) is 4.72 Å². The number of hydrogen-bond acceptors (Lipinski definition) is 5. The summed E-state index contributed by atoms with van der Waals surface area (Å²) in [6.45, 7) is 1.62. The first kappa shape index (κ1) is 16.5. The zero-order valence-electron chi connectivity index (χ0n) is 10.7. The van der Waals surface area contributed by atoms with Gasteiger partial charge in [0.25, 0.3) is 5.69 Å². The van der Waals surface area contributed by atoms with E-state index in [9.17, 15) is 22.9 Å². The molecule has 9 heteroatoms. The lowest BCUT2D eigenvalue weighted by Gasteiger charge is -2.08. The number of benzene rings is 1. The molecule has 0 amide bonds. The summed E-state index contributed by atoms with van der Waals surface area (Å²) in [5.74, 6) is -1.18. The second kappa shape index (κ2) is 6.73. The van der Waals surface area contributed by atoms with Crippen LogP contribution in [0.2, 0.25) is 0 Å². The van der Waals surface area contributed by atoms with Crippen molar-refractivity contribution in [1.82, 2.24) is 4.72 Å². The molecule has 1 rings (SSSR count). The van der Waals surface area contributed by atoms with Gasteiger partial charge < -0.3 is 5.11 Å². The second-order valence-electron chi connectivity index (χ2n) is 4.26. The maximum absolute atomic E-state index is 13.6. The molecule has 0 heterocycles. The fraction of sp³-hybridized carbons (Fsp3) is 0.455. The fourth-order valence-electron chi connectivity index (χ4n) is 1.50. The van der Waals surface area contributed by atoms with Crippen LogP contribution < -0.4 is 4.72 Å². The number of rotatable bonds is 7. The van der Waals surface area contributed by atoms with Gasteiger partial charge in [0, 0.05) is 12.6 Å². The third-order valence-electron chi connectivity index (χ3n) is 2.51. The Morgan fingerprint density at radius 3 is 2.65 bits per heavy atom. The number of halogens is 1. The minimum Gasteiger partial charge on any atom is -0.393 e. The quantitative estimate of drug-likeness (QED) is 0.446. The van der Waals surface area contributed by atoms with Gasteiger partial charge >= 0.3 is 0 Å². The van der Waals surface area contributed by atoms with Crippen LogP contribution in [0.5, 0.6) is 0 Å². The highest BCUT2D eigenvalue weighted by Crippen LogP contribution is 2.20. The summed E-state index contributed by atoms with van der Waals surface area (Å²) >= 11 is 0. The summed E-state index contributed by atoms with van der Waals surface area (Å²) < 4.78 is 39.3. The maximum atomic E-state index is 13.6. The van der Waals surface area contributed by atoms with Crippen molar-refractivity contribution < 1.29 is 22.8 Å². The molecule has 1 aromatic carbocycles. The van der Waals surface area contributed by atoms with E-state index in [4.69, 9.17) is 5.11 Å². The molecule has 112 valence electrons. The molecule has 2 N–H and O–H groups in total. The molecule has 1 aromatic rings. The molecule has 0 aliphatic carbocycles. The van der Waals surface area contributed by atoms with Crippen molar-refractivity contribution >= 4 is 15.7 Å². The van der Waals surface area contributed by atoms with Crippen LogP contribution >= 0.6 is 0 Å². The number of sulfonamides is 1. The molecule has 20 heavy (non-hydrogen) atoms. The molecule has 0 fully saturated rings. The predicted molar refractivity (Wildman–Crippen MR) is 69.2 cm³/mol. The van der Waals surface area contributed by atoms with E-state index in [0.717, 1.165) is 12.1 Å². The van der Waals surface area contributed by atoms with E-state index >= 15 is 0 Å². The third-order valence-corrected chi connectivity index (χ3v) is 4.00. The number of nitrogens with zero attached hydrogens (tertiary/aromatic N) is 1. The van der Waals surface area contributed by atoms with Crippen molar-refractivity contribution in [2.24, 2.45) is 0 Å². The highest BCUT2D eigenvalue weighted by Gasteiger charge is 2.21. The first-order valence-electron chi connectivity index (χ1n) is 5.85. The Balaban J connectivity index is 2.80. The van der Waals surface area contributed by atoms with E-state index in [-0.39, 0.29) is 6.54 Å². The Morgan fingerprint density at radius 1 is 1.50 bits per heavy atom. The minimum atomic E-state index is -4.06. The summed E-state index contributed by atoms with van der Waals surface area (Å²) in [6, 6.07) is 2.34. The highest BCUT2D eigenvalue weighted by atomic mass is 32.2. The highest BCUT2D eigenvalue weighted by molar-refractivity contribution is 7.89. The van der Waals surface area contributed by atoms with Gasteiger partial charge in [-0.25, -0.2) is 17.5 Å². The van der Waals surface area contributed by atoms with Crippen LogP contribution in [0.1, 0.15) is 19.8 Å². The molecule has 0 bridgehead atoms. The van der Waals surface area contributed by atoms with Gasteiger partial charge in [-0.2, -0.15) is 0 Å². The Hall–Kier alpha value is -1.58. The maximum Gasteiger partial charge on any atom is 0.272 e. The molecule has 0 aliphatic heterocycles. The van der Waals surface area contributed by atoms with Gasteiger partial charge in [0.15, 0.2) is 0 Å². The number of hydrogen-bond donors (Lipinski definition) is 2. The molecule has 0 aromatic heterocycles. The van der Waals surface area contributed by atoms with Crippen LogP contribution in [0.25, 0.3) is 0 Å². The summed E-state index contributed by atoms with van der Waals surface area (Å²) in [5.41, 5.74) is -0.518. The SMILES string of the molecule is CC(O)CCCNS(=O)(=O)c1ccc([N+](=O)[O-])cc1F. The Kier molecular flexibility index (Phi) is 5.54. The van der Waals surface area contributed by atoms with Crippen molar-refractivity contribution in [3.8, 4) is 0 Å². The molecule has 0 saturated carbocycles. The smallest absolute Gasteiger partial charge is 0.272 e. The number of non-ortho nitro benzene ring substituents is 1. The summed E-state index contributed by atoms with van der Waals surface area (Å²) in [6.07, 6.45) is 0.257. The first-order valence-corrected chi connectivity index (χ1v) is 7.34. The lowest BCUT2D eigenvalue weighted by molar-refractivity contribution is -0.385. The summed E-state index contributed by atoms with van der Waals surface area (Å²) in [4.78, 5) is 8.99. The van der Waals surface area contributed by atoms with Gasteiger partial charge in [-0.05, 0) is 25.8 Å². The summed E-state index contributed by atoms with van der Waals surface area (Å²) in [5, 5.41) is 19.5. The second-order valence-corrected chi connectivity index (χ2v) is 6.00. The molecule has 0 radical (unpaired) electrons. The zero-order chi connectivity index (χ0) is 15.3. The van der Waals surface area contributed by atoms with E-state index in [1.165, 1.54) is 0 Å². The first-order chi connectivity index (χ1) is 9.24. The van der Waals surface area contributed by atoms with Crippen LogP contribution in [0.4, 0.5) is 10.1 Å². The van der Waals surface area contributed by atoms with Crippen LogP contribution in [0, 0.1) is 15.9 Å². The molecule has 1 atom stereocenters. The van der Waals surface area contributed by atoms with E-state index < -0.39 is 37.5 Å². The monoisotopic (exact) mass is 306 g/mol. The van der Waals surface area contributed by atoms with Gasteiger partial charge in [-0.1, -0.05) is 0 Å². The van der Waals surface area contributed by atoms with Crippen molar-refractivity contribution in [2.75, 3.05) is 6.54 Å². The topological polar surface area (TPSA) is 110 Å². The van der Waals surface area contributed by atoms with E-state index in [0.29, 0.717) is 18.9 Å². The van der Waals surface area contributed by atoms with Gasteiger partial charge in [0.05, 0.1) is 17.1 Å². The normalized spacial score (nSPS) is 13.2. The molecule has 1 unspecified atom stereocenters. The zero-order valence-corrected chi connectivity index (χ0v) is 11.6. The largest absolute Gasteiger partial charge is 0.393 e. The standard InChI is InChI=1S/C11H15FN2O5S/c1-8(15)3-2-6-13-20(18,19)11-5-4-9(14(16)17)7-10(11)12/h4-5,7-8,13,15H,2-3,6H2,1H3. The molecule has 0 saturated heterocycles. The molecular weight excluding hydrogens is 291 g/mol. The Bertz CT molecular complexity index is 588. The molecule has 7 nitrogen and oxygen atoms in total. The van der Waals surface area contributed by atoms with Gasteiger partial charge in [0.2, 0.25) is 10.0 Å². The van der Waals surface area contributed by atoms with Gasteiger partial charge in [0.1, 0.15) is 10.7 Å². The van der Waals surface area contributed by atoms with Gasteiger partial charge in [-0.3, -0.25) is 10.1 Å². The average Bonchev–Trinajstić information content (AvgIpc) is 2.34. The number of nitro benzene ring substituents is 1. The summed E-state index contributed by atoms with van der Waals surface area (Å²) in [7, 11) is -4.06. The lowest BCUT2D eigenvalue weighted by atomic mass is 10.2. The van der Waals surface area contributed by atoms with Crippen LogP contribution in [0.3, 0.4) is 0 Å². The number of aliphatic hydroxyl groups is 1. The van der Waals surface area contributed by atoms with Crippen molar-refractivity contribution in [3.63, 3.8) is 0 Å². The van der Waals surface area contributed by atoms with E-state index in [1.807, 2.05) is 0 Å². The predicted octanol–water partition coefficient (Wildman–Crippen LogP) is 1.17. The third kappa shape index (κ3) is 4.51. The Labute approximate surface area is 115 Å². The fourth-order valence-corrected chi connectivity index (χ4v) is 2.63. The van der Waals surface area contributed by atoms with Crippen molar-refractivity contribution in [1.29, 1.82) is 0 Å². The number of nitro groups is 1. The van der Waals surface area contributed by atoms with Crippen LogP contribution in [0.15, 0.2) is 23.1 Å². The van der Waals surface area contributed by atoms with Crippen molar-refractivity contribution in [2.45, 2.75) is 30.8 Å². The van der Waals surface area contributed by atoms with Crippen LogP contribution in [-0.4, -0.2) is 31.1 Å². The molecule has 0 aliphatic rings. The Morgan fingerprint density at radius 2 is 2.15 bits per heavy atom. The minimum absolute atomic E-state index is 0.0453. The van der Waals surface area contributed by atoms with Crippen molar-refractivity contribution in [3.05, 3.63) is 34.1 Å². The van der Waals surface area contributed by atoms with E-state index in [1.54, 1.807) is 6.92 Å². The average molecular weight is 306 g/mol. The number of nitrogens with one attached hydrogen (secondary N) is 1. The lowest BCUT2D eigenvalue weighted by Crippen LogP contribution is -2.26. The van der Waals surface area contributed by atoms with Gasteiger partial charge in [-0.15, -0.1) is 0 Å². The van der Waals surface area contributed by atoms with Crippen LogP contribution in [-0.2, 0) is 10.0 Å².